The predicted octanol–water partition coefficient (Wildman–Crippen LogP) is 3.90. The van der Waals surface area contributed by atoms with Crippen LogP contribution in [0.4, 0.5) is 5.82 Å². The van der Waals surface area contributed by atoms with E-state index in [0.717, 1.165) is 41.1 Å². The Balaban J connectivity index is 1.73. The van der Waals surface area contributed by atoms with Gasteiger partial charge in [-0.25, -0.2) is 9.97 Å². The van der Waals surface area contributed by atoms with Crippen LogP contribution in [0.2, 0.25) is 0 Å². The molecule has 1 saturated carbocycles. The topological polar surface area (TPSA) is 75.9 Å². The van der Waals surface area contributed by atoms with Gasteiger partial charge in [0.25, 0.3) is 0 Å². The Labute approximate surface area is 146 Å². The second-order valence-corrected chi connectivity index (χ2v) is 6.84. The fraction of sp³-hybridized carbons (Fsp3) is 0.421. The number of aryl methyl sites for hydroxylation is 1. The minimum absolute atomic E-state index is 0.0732. The summed E-state index contributed by atoms with van der Waals surface area (Å²) in [5.41, 5.74) is 1.70. The quantitative estimate of drug-likeness (QED) is 0.755. The predicted molar refractivity (Wildman–Crippen MR) is 97.7 cm³/mol. The summed E-state index contributed by atoms with van der Waals surface area (Å²) in [4.78, 5) is 9.61. The Morgan fingerprint density at radius 1 is 1.20 bits per heavy atom. The monoisotopic (exact) mass is 337 g/mol. The lowest BCUT2D eigenvalue weighted by atomic mass is 10.1. The highest BCUT2D eigenvalue weighted by atomic mass is 16.3. The first-order valence-corrected chi connectivity index (χ1v) is 8.87. The number of hydrogen-bond donors (Lipinski definition) is 2. The maximum Gasteiger partial charge on any atom is 0.163 e. The van der Waals surface area contributed by atoms with Crippen molar-refractivity contribution in [1.29, 1.82) is 0 Å². The Bertz CT molecular complexity index is 898. The molecule has 0 amide bonds. The van der Waals surface area contributed by atoms with E-state index in [1.807, 2.05) is 32.2 Å². The standard InChI is InChI=1S/C19H23N5O/c1-12(14-9-5-6-10-16(14)25)21-18-15-11-20-24(2)19(15)23-17(22-18)13-7-3-4-8-13/h5-6,9-13,25H,3-4,7-8H2,1-2H3,(H,21,22,23)/t12-/m0/s1. The van der Waals surface area contributed by atoms with Gasteiger partial charge in [0.1, 0.15) is 17.4 Å². The Kier molecular flexibility index (Phi) is 4.03. The first-order chi connectivity index (χ1) is 12.1. The first kappa shape index (κ1) is 15.9. The van der Waals surface area contributed by atoms with E-state index in [9.17, 15) is 5.11 Å². The lowest BCUT2D eigenvalue weighted by Crippen LogP contribution is -2.11. The van der Waals surface area contributed by atoms with Crippen LogP contribution >= 0.6 is 0 Å². The number of nitrogens with one attached hydrogen (secondary N) is 1. The lowest BCUT2D eigenvalue weighted by Gasteiger charge is -2.18. The van der Waals surface area contributed by atoms with Gasteiger partial charge in [0, 0.05) is 18.5 Å². The van der Waals surface area contributed by atoms with Gasteiger partial charge >= 0.3 is 0 Å². The summed E-state index contributed by atoms with van der Waals surface area (Å²) < 4.78 is 1.80. The third-order valence-corrected chi connectivity index (χ3v) is 5.09. The summed E-state index contributed by atoms with van der Waals surface area (Å²) in [6, 6.07) is 7.31. The Hall–Kier alpha value is -2.63. The molecule has 0 unspecified atom stereocenters. The number of hydrogen-bond acceptors (Lipinski definition) is 5. The number of benzene rings is 1. The summed E-state index contributed by atoms with van der Waals surface area (Å²) >= 11 is 0. The summed E-state index contributed by atoms with van der Waals surface area (Å²) in [6.45, 7) is 2.02. The van der Waals surface area contributed by atoms with Crippen LogP contribution in [-0.4, -0.2) is 24.9 Å². The zero-order chi connectivity index (χ0) is 17.4. The molecule has 1 aromatic carbocycles. The van der Waals surface area contributed by atoms with Crippen LogP contribution in [0.25, 0.3) is 11.0 Å². The molecule has 3 aromatic rings. The third kappa shape index (κ3) is 2.92. The van der Waals surface area contributed by atoms with Crippen molar-refractivity contribution in [1.82, 2.24) is 19.7 Å². The van der Waals surface area contributed by atoms with Gasteiger partial charge in [0.15, 0.2) is 5.65 Å². The largest absolute Gasteiger partial charge is 0.508 e. The van der Waals surface area contributed by atoms with E-state index in [-0.39, 0.29) is 11.8 Å². The number of aromatic hydroxyl groups is 1. The number of nitrogens with zero attached hydrogens (tertiary/aromatic N) is 4. The number of phenols is 1. The van der Waals surface area contributed by atoms with Gasteiger partial charge < -0.3 is 10.4 Å². The van der Waals surface area contributed by atoms with Crippen LogP contribution < -0.4 is 5.32 Å². The van der Waals surface area contributed by atoms with Gasteiger partial charge in [-0.1, -0.05) is 31.0 Å². The molecule has 2 aromatic heterocycles. The van der Waals surface area contributed by atoms with Crippen molar-refractivity contribution in [2.75, 3.05) is 5.32 Å². The summed E-state index contributed by atoms with van der Waals surface area (Å²) in [7, 11) is 1.91. The van der Waals surface area contributed by atoms with E-state index in [0.29, 0.717) is 5.92 Å². The second-order valence-electron chi connectivity index (χ2n) is 6.84. The molecular weight excluding hydrogens is 314 g/mol. The average Bonchev–Trinajstić information content (AvgIpc) is 3.26. The zero-order valence-electron chi connectivity index (χ0n) is 14.6. The average molecular weight is 337 g/mol. The number of para-hydroxylation sites is 1. The van der Waals surface area contributed by atoms with E-state index >= 15 is 0 Å². The fourth-order valence-corrected chi connectivity index (χ4v) is 3.65. The van der Waals surface area contributed by atoms with E-state index in [2.05, 4.69) is 10.4 Å². The normalized spacial score (nSPS) is 16.4. The molecule has 6 heteroatoms. The molecule has 0 radical (unpaired) electrons. The smallest absolute Gasteiger partial charge is 0.163 e. The number of phenolic OH excluding ortho intramolecular Hbond substituents is 1. The maximum absolute atomic E-state index is 10.1. The van der Waals surface area contributed by atoms with Crippen LogP contribution in [0.15, 0.2) is 30.5 Å². The Morgan fingerprint density at radius 3 is 2.72 bits per heavy atom. The molecule has 6 nitrogen and oxygen atoms in total. The van der Waals surface area contributed by atoms with Crippen molar-refractivity contribution in [3.63, 3.8) is 0 Å². The minimum Gasteiger partial charge on any atom is -0.508 e. The van der Waals surface area contributed by atoms with Gasteiger partial charge in [-0.05, 0) is 25.8 Å². The van der Waals surface area contributed by atoms with Crippen LogP contribution in [0.3, 0.4) is 0 Å². The maximum atomic E-state index is 10.1. The zero-order valence-corrected chi connectivity index (χ0v) is 14.6. The molecule has 2 heterocycles. The van der Waals surface area contributed by atoms with Gasteiger partial charge in [0.2, 0.25) is 0 Å². The molecule has 1 aliphatic carbocycles. The summed E-state index contributed by atoms with van der Waals surface area (Å²) in [6.07, 6.45) is 6.59. The van der Waals surface area contributed by atoms with Crippen LogP contribution in [0.5, 0.6) is 5.75 Å². The second kappa shape index (κ2) is 6.35. The fourth-order valence-electron chi connectivity index (χ4n) is 3.65. The molecule has 1 fully saturated rings. The molecule has 0 bridgehead atoms. The molecule has 25 heavy (non-hydrogen) atoms. The molecule has 1 atom stereocenters. The molecule has 0 spiro atoms. The number of anilines is 1. The molecular formula is C19H23N5O. The first-order valence-electron chi connectivity index (χ1n) is 8.87. The highest BCUT2D eigenvalue weighted by molar-refractivity contribution is 5.86. The van der Waals surface area contributed by atoms with Crippen molar-refractivity contribution in [3.8, 4) is 5.75 Å². The molecule has 1 aliphatic rings. The summed E-state index contributed by atoms with van der Waals surface area (Å²) in [5.74, 6) is 2.41. The number of fused-ring (bicyclic) bond motifs is 1. The van der Waals surface area contributed by atoms with E-state index in [1.165, 1.54) is 12.8 Å². The Morgan fingerprint density at radius 2 is 1.96 bits per heavy atom. The highest BCUT2D eigenvalue weighted by Gasteiger charge is 2.23. The lowest BCUT2D eigenvalue weighted by molar-refractivity contribution is 0.465. The van der Waals surface area contributed by atoms with E-state index in [1.54, 1.807) is 16.9 Å². The molecule has 0 aliphatic heterocycles. The van der Waals surface area contributed by atoms with Crippen molar-refractivity contribution in [2.45, 2.75) is 44.6 Å². The van der Waals surface area contributed by atoms with Crippen molar-refractivity contribution in [3.05, 3.63) is 41.9 Å². The molecule has 0 saturated heterocycles. The summed E-state index contributed by atoms with van der Waals surface area (Å²) in [5, 5.41) is 18.8. The van der Waals surface area contributed by atoms with Crippen LogP contribution in [0.1, 0.15) is 56.0 Å². The molecule has 2 N–H and O–H groups in total. The molecule has 130 valence electrons. The van der Waals surface area contributed by atoms with Crippen LogP contribution in [0, 0.1) is 0 Å². The SMILES string of the molecule is C[C@H](Nc1nc(C2CCCC2)nc2c1cnn2C)c1ccccc1O. The number of rotatable bonds is 4. The van der Waals surface area contributed by atoms with Gasteiger partial charge in [-0.3, -0.25) is 4.68 Å². The number of aromatic nitrogens is 4. The van der Waals surface area contributed by atoms with Gasteiger partial charge in [-0.2, -0.15) is 5.10 Å². The van der Waals surface area contributed by atoms with Gasteiger partial charge in [0.05, 0.1) is 17.6 Å². The van der Waals surface area contributed by atoms with Crippen molar-refractivity contribution < 1.29 is 5.11 Å². The minimum atomic E-state index is -0.0732. The van der Waals surface area contributed by atoms with E-state index < -0.39 is 0 Å². The molecule has 4 rings (SSSR count). The van der Waals surface area contributed by atoms with Crippen molar-refractivity contribution >= 4 is 16.9 Å². The van der Waals surface area contributed by atoms with Crippen LogP contribution in [-0.2, 0) is 7.05 Å². The van der Waals surface area contributed by atoms with E-state index in [4.69, 9.17) is 9.97 Å². The van der Waals surface area contributed by atoms with Gasteiger partial charge in [-0.15, -0.1) is 0 Å². The highest BCUT2D eigenvalue weighted by Crippen LogP contribution is 2.35. The third-order valence-electron chi connectivity index (χ3n) is 5.09. The van der Waals surface area contributed by atoms with Crippen molar-refractivity contribution in [2.24, 2.45) is 7.05 Å².